The molecule has 0 saturated heterocycles. The Morgan fingerprint density at radius 3 is 2.60 bits per heavy atom. The van der Waals surface area contributed by atoms with Crippen molar-refractivity contribution >= 4 is 29.2 Å². The first-order valence-corrected chi connectivity index (χ1v) is 10.7. The third-order valence-electron chi connectivity index (χ3n) is 5.26. The zero-order valence-corrected chi connectivity index (χ0v) is 20.3. The first-order chi connectivity index (χ1) is 16.7. The van der Waals surface area contributed by atoms with E-state index in [4.69, 9.17) is 4.74 Å². The van der Waals surface area contributed by atoms with Gasteiger partial charge in [0, 0.05) is 51.7 Å². The molecule has 0 spiro atoms. The highest BCUT2D eigenvalue weighted by molar-refractivity contribution is 5.95. The topological polar surface area (TPSA) is 117 Å². The van der Waals surface area contributed by atoms with Gasteiger partial charge in [-0.3, -0.25) is 14.6 Å². The Kier molecular flexibility index (Phi) is 6.36. The second kappa shape index (κ2) is 9.41. The number of amides is 1. The minimum Gasteiger partial charge on any atom is -0.491 e. The molecule has 1 aromatic carbocycles. The monoisotopic (exact) mass is 479 g/mol. The molecule has 0 radical (unpaired) electrons. The summed E-state index contributed by atoms with van der Waals surface area (Å²) in [5, 5.41) is 14.4. The van der Waals surface area contributed by atoms with E-state index in [0.29, 0.717) is 28.6 Å². The number of ether oxygens (including phenoxy) is 1. The number of hydrogen-bond donors (Lipinski definition) is 2. The molecule has 0 aliphatic carbocycles. The highest BCUT2D eigenvalue weighted by atomic mass is 19.1. The average molecular weight is 480 g/mol. The molecule has 3 aromatic heterocycles. The zero-order valence-electron chi connectivity index (χ0n) is 20.3. The van der Waals surface area contributed by atoms with Crippen LogP contribution in [0.1, 0.15) is 16.1 Å². The van der Waals surface area contributed by atoms with E-state index in [1.165, 1.54) is 23.0 Å². The maximum absolute atomic E-state index is 15.4. The Morgan fingerprint density at radius 1 is 1.23 bits per heavy atom. The molecule has 1 amide bonds. The molecular weight excluding hydrogens is 453 g/mol. The molecule has 0 unspecified atom stereocenters. The normalized spacial score (nSPS) is 10.8. The standard InChI is InChI=1S/C23H26FN9O2/c1-13-10-17(30-29-13)26-21-20(35-6)19(14-11-25-32(4)12-14)27-23(28-21)33(5)16-9-7-8-15(18(16)24)22(34)31(2)3/h7-12H,1-6H3,(H2,26,27,28,29,30). The maximum atomic E-state index is 15.4. The number of aromatic amines is 1. The van der Waals surface area contributed by atoms with Gasteiger partial charge in [-0.2, -0.15) is 15.2 Å². The molecule has 3 heterocycles. The molecule has 182 valence electrons. The molecule has 12 heteroatoms. The quantitative estimate of drug-likeness (QED) is 0.415. The van der Waals surface area contributed by atoms with Gasteiger partial charge < -0.3 is 19.9 Å². The van der Waals surface area contributed by atoms with Crippen LogP contribution in [0.25, 0.3) is 11.3 Å². The fourth-order valence-electron chi connectivity index (χ4n) is 3.50. The van der Waals surface area contributed by atoms with Crippen molar-refractivity contribution in [2.75, 3.05) is 38.5 Å². The van der Waals surface area contributed by atoms with Gasteiger partial charge in [-0.15, -0.1) is 0 Å². The number of carbonyl (C=O) groups is 1. The predicted octanol–water partition coefficient (Wildman–Crippen LogP) is 3.27. The smallest absolute Gasteiger partial charge is 0.256 e. The van der Waals surface area contributed by atoms with Crippen molar-refractivity contribution in [3.05, 3.63) is 53.7 Å². The van der Waals surface area contributed by atoms with E-state index in [0.717, 1.165) is 5.69 Å². The number of hydrogen-bond acceptors (Lipinski definition) is 8. The second-order valence-corrected chi connectivity index (χ2v) is 8.12. The Bertz CT molecular complexity index is 1380. The van der Waals surface area contributed by atoms with E-state index < -0.39 is 11.7 Å². The number of nitrogens with zero attached hydrogens (tertiary/aromatic N) is 7. The van der Waals surface area contributed by atoms with Gasteiger partial charge in [-0.05, 0) is 19.1 Å². The van der Waals surface area contributed by atoms with E-state index >= 15 is 4.39 Å². The van der Waals surface area contributed by atoms with Gasteiger partial charge in [0.2, 0.25) is 5.95 Å². The van der Waals surface area contributed by atoms with Gasteiger partial charge in [-0.1, -0.05) is 6.07 Å². The summed E-state index contributed by atoms with van der Waals surface area (Å²) >= 11 is 0. The summed E-state index contributed by atoms with van der Waals surface area (Å²) in [6, 6.07) is 6.43. The molecule has 4 aromatic rings. The Labute approximate surface area is 201 Å². The molecular formula is C23H26FN9O2. The minimum absolute atomic E-state index is 0.0503. The molecule has 0 bridgehead atoms. The van der Waals surface area contributed by atoms with Gasteiger partial charge in [0.25, 0.3) is 5.91 Å². The molecule has 11 nitrogen and oxygen atoms in total. The molecule has 0 aliphatic heterocycles. The zero-order chi connectivity index (χ0) is 25.3. The largest absolute Gasteiger partial charge is 0.491 e. The van der Waals surface area contributed by atoms with E-state index in [-0.39, 0.29) is 17.2 Å². The van der Waals surface area contributed by atoms with Gasteiger partial charge in [0.15, 0.2) is 23.2 Å². The molecule has 0 atom stereocenters. The Morgan fingerprint density at radius 2 is 2.00 bits per heavy atom. The van der Waals surface area contributed by atoms with Gasteiger partial charge in [0.1, 0.15) is 5.69 Å². The van der Waals surface area contributed by atoms with Crippen molar-refractivity contribution in [1.29, 1.82) is 0 Å². The summed E-state index contributed by atoms with van der Waals surface area (Å²) in [4.78, 5) is 24.5. The van der Waals surface area contributed by atoms with E-state index in [1.807, 2.05) is 13.0 Å². The van der Waals surface area contributed by atoms with E-state index in [1.54, 1.807) is 57.4 Å². The maximum Gasteiger partial charge on any atom is 0.256 e. The van der Waals surface area contributed by atoms with E-state index in [2.05, 4.69) is 30.6 Å². The fraction of sp³-hybridized carbons (Fsp3) is 0.261. The third kappa shape index (κ3) is 4.63. The van der Waals surface area contributed by atoms with Crippen LogP contribution in [0.2, 0.25) is 0 Å². The number of benzene rings is 1. The van der Waals surface area contributed by atoms with Gasteiger partial charge in [0.05, 0.1) is 24.6 Å². The number of aromatic nitrogens is 6. The first kappa shape index (κ1) is 23.7. The lowest BCUT2D eigenvalue weighted by Gasteiger charge is -2.22. The van der Waals surface area contributed by atoms with Crippen molar-refractivity contribution in [2.24, 2.45) is 7.05 Å². The lowest BCUT2D eigenvalue weighted by atomic mass is 10.1. The number of anilines is 4. The van der Waals surface area contributed by atoms with Crippen LogP contribution >= 0.6 is 0 Å². The number of halogens is 1. The summed E-state index contributed by atoms with van der Waals surface area (Å²) in [5.74, 6) is 0.278. The van der Waals surface area contributed by atoms with Gasteiger partial charge >= 0.3 is 0 Å². The Hall–Kier alpha value is -4.48. The number of H-pyrrole nitrogens is 1. The van der Waals surface area contributed by atoms with Crippen LogP contribution in [0, 0.1) is 12.7 Å². The SMILES string of the molecule is COc1c(Nc2cc(C)[nH]n2)nc(N(C)c2cccc(C(=O)N(C)C)c2F)nc1-c1cnn(C)c1. The van der Waals surface area contributed by atoms with Crippen LogP contribution in [0.3, 0.4) is 0 Å². The number of rotatable bonds is 7. The van der Waals surface area contributed by atoms with Crippen LogP contribution < -0.4 is 15.0 Å². The molecule has 2 N–H and O–H groups in total. The number of nitrogens with one attached hydrogen (secondary N) is 2. The number of carbonyl (C=O) groups excluding carboxylic acids is 1. The second-order valence-electron chi connectivity index (χ2n) is 8.12. The fourth-order valence-corrected chi connectivity index (χ4v) is 3.50. The lowest BCUT2D eigenvalue weighted by molar-refractivity contribution is 0.0823. The molecule has 0 aliphatic rings. The van der Waals surface area contributed by atoms with Crippen molar-refractivity contribution in [3.8, 4) is 17.0 Å². The molecule has 0 saturated carbocycles. The molecule has 0 fully saturated rings. The summed E-state index contributed by atoms with van der Waals surface area (Å²) < 4.78 is 22.7. The van der Waals surface area contributed by atoms with Crippen LogP contribution in [0.15, 0.2) is 36.7 Å². The van der Waals surface area contributed by atoms with E-state index in [9.17, 15) is 4.79 Å². The van der Waals surface area contributed by atoms with Crippen molar-refractivity contribution in [3.63, 3.8) is 0 Å². The van der Waals surface area contributed by atoms with Crippen molar-refractivity contribution in [2.45, 2.75) is 6.92 Å². The highest BCUT2D eigenvalue weighted by Gasteiger charge is 2.24. The lowest BCUT2D eigenvalue weighted by Crippen LogP contribution is -2.24. The Balaban J connectivity index is 1.86. The first-order valence-electron chi connectivity index (χ1n) is 10.7. The van der Waals surface area contributed by atoms with Crippen molar-refractivity contribution in [1.82, 2.24) is 34.8 Å². The van der Waals surface area contributed by atoms with Crippen molar-refractivity contribution < 1.29 is 13.9 Å². The number of methoxy groups -OCH3 is 1. The minimum atomic E-state index is -0.673. The molecule has 35 heavy (non-hydrogen) atoms. The summed E-state index contributed by atoms with van der Waals surface area (Å²) in [6.45, 7) is 1.88. The van der Waals surface area contributed by atoms with Crippen LogP contribution in [0.5, 0.6) is 5.75 Å². The predicted molar refractivity (Wildman–Crippen MR) is 130 cm³/mol. The summed E-state index contributed by atoms with van der Waals surface area (Å²) in [6.07, 6.45) is 3.43. The molecule has 4 rings (SSSR count). The summed E-state index contributed by atoms with van der Waals surface area (Å²) in [7, 11) is 8.07. The highest BCUT2D eigenvalue weighted by Crippen LogP contribution is 2.38. The number of aryl methyl sites for hydroxylation is 2. The average Bonchev–Trinajstić information content (AvgIpc) is 3.45. The third-order valence-corrected chi connectivity index (χ3v) is 5.26. The van der Waals surface area contributed by atoms with Crippen LogP contribution in [0.4, 0.5) is 27.7 Å². The summed E-state index contributed by atoms with van der Waals surface area (Å²) in [5.41, 5.74) is 2.08. The van der Waals surface area contributed by atoms with Crippen LogP contribution in [-0.2, 0) is 7.05 Å². The van der Waals surface area contributed by atoms with Gasteiger partial charge in [-0.25, -0.2) is 9.37 Å². The van der Waals surface area contributed by atoms with Crippen LogP contribution in [-0.4, -0.2) is 69.0 Å².